The first kappa shape index (κ1) is 11.1. The maximum absolute atomic E-state index is 8.82. The molecule has 0 aliphatic carbocycles. The van der Waals surface area contributed by atoms with Crippen LogP contribution in [0.5, 0.6) is 0 Å². The molecule has 64 valence electrons. The van der Waals surface area contributed by atoms with Crippen LogP contribution in [0.15, 0.2) is 0 Å². The molecule has 0 amide bonds. The zero-order chi connectivity index (χ0) is 10.2. The summed E-state index contributed by atoms with van der Waals surface area (Å²) in [6.07, 6.45) is 11.8. The van der Waals surface area contributed by atoms with Gasteiger partial charge in [-0.1, -0.05) is 0 Å². The van der Waals surface area contributed by atoms with Gasteiger partial charge in [-0.2, -0.15) is 10.5 Å². The molecule has 13 heavy (non-hydrogen) atoms. The van der Waals surface area contributed by atoms with E-state index in [9.17, 15) is 0 Å². The van der Waals surface area contributed by atoms with Crippen LogP contribution in [-0.2, 0) is 0 Å². The van der Waals surface area contributed by atoms with Crippen LogP contribution in [0, 0.1) is 52.8 Å². The predicted octanol–water partition coefficient (Wildman–Crippen LogP) is 1.85. The summed E-state index contributed by atoms with van der Waals surface area (Å²) in [6.45, 7) is 0. The third-order valence-corrected chi connectivity index (χ3v) is 1.82. The zero-order valence-corrected chi connectivity index (χ0v) is 7.38. The Bertz CT molecular complexity index is 280. The number of hydrogen-bond acceptors (Lipinski definition) is 2. The van der Waals surface area contributed by atoms with Crippen LogP contribution in [0.1, 0.15) is 25.7 Å². The molecule has 0 aliphatic rings. The maximum Gasteiger partial charge on any atom is 0.145 e. The molecule has 0 atom stereocenters. The quantitative estimate of drug-likeness (QED) is 0.604. The molecule has 0 saturated heterocycles. The van der Waals surface area contributed by atoms with Crippen LogP contribution in [0.25, 0.3) is 0 Å². The first-order valence-electron chi connectivity index (χ1n) is 3.94. The van der Waals surface area contributed by atoms with Crippen molar-refractivity contribution < 1.29 is 0 Å². The molecule has 0 bridgehead atoms. The highest BCUT2D eigenvalue weighted by molar-refractivity contribution is 5.15. The standard InChI is InChI=1S/C11H10N2/c1-3-5-7-11(9-12,10-13)8-6-4-2/h1-2H,5-8H2. The smallest absolute Gasteiger partial charge is 0.145 e. The lowest BCUT2D eigenvalue weighted by Crippen LogP contribution is -2.15. The summed E-state index contributed by atoms with van der Waals surface area (Å²) in [5.41, 5.74) is -0.987. The van der Waals surface area contributed by atoms with E-state index in [0.29, 0.717) is 25.7 Å². The Morgan fingerprint density at radius 3 is 1.54 bits per heavy atom. The van der Waals surface area contributed by atoms with Gasteiger partial charge < -0.3 is 0 Å². The molecule has 0 aromatic carbocycles. The summed E-state index contributed by atoms with van der Waals surface area (Å²) in [6, 6.07) is 3.97. The molecule has 0 aliphatic heterocycles. The van der Waals surface area contributed by atoms with Gasteiger partial charge in [0, 0.05) is 12.8 Å². The Morgan fingerprint density at radius 1 is 0.923 bits per heavy atom. The van der Waals surface area contributed by atoms with Gasteiger partial charge in [-0.3, -0.25) is 0 Å². The summed E-state index contributed by atoms with van der Waals surface area (Å²) in [5.74, 6) is 4.83. The minimum absolute atomic E-state index is 0.401. The average Bonchev–Trinajstić information content (AvgIpc) is 2.20. The molecule has 0 radical (unpaired) electrons. The van der Waals surface area contributed by atoms with Crippen LogP contribution in [0.2, 0.25) is 0 Å². The second-order valence-electron chi connectivity index (χ2n) is 2.71. The lowest BCUT2D eigenvalue weighted by molar-refractivity contribution is 0.453. The van der Waals surface area contributed by atoms with Gasteiger partial charge in [-0.05, 0) is 12.8 Å². The molecule has 0 aromatic rings. The Morgan fingerprint density at radius 2 is 1.31 bits per heavy atom. The molecule has 0 unspecified atom stereocenters. The van der Waals surface area contributed by atoms with Crippen molar-refractivity contribution in [3.05, 3.63) is 0 Å². The van der Waals surface area contributed by atoms with E-state index in [1.54, 1.807) is 0 Å². The highest BCUT2D eigenvalue weighted by Gasteiger charge is 2.28. The second kappa shape index (κ2) is 5.71. The van der Waals surface area contributed by atoms with Gasteiger partial charge in [-0.25, -0.2) is 0 Å². The summed E-state index contributed by atoms with van der Waals surface area (Å²) in [4.78, 5) is 0. The van der Waals surface area contributed by atoms with Crippen molar-refractivity contribution in [2.45, 2.75) is 25.7 Å². The number of rotatable bonds is 4. The van der Waals surface area contributed by atoms with E-state index < -0.39 is 5.41 Å². The monoisotopic (exact) mass is 170 g/mol. The summed E-state index contributed by atoms with van der Waals surface area (Å²) >= 11 is 0. The van der Waals surface area contributed by atoms with Gasteiger partial charge in [0.05, 0.1) is 12.1 Å². The molecule has 0 aromatic heterocycles. The molecular formula is C11H10N2. The topological polar surface area (TPSA) is 47.6 Å². The van der Waals surface area contributed by atoms with Crippen molar-refractivity contribution in [2.24, 2.45) is 5.41 Å². The highest BCUT2D eigenvalue weighted by Crippen LogP contribution is 2.27. The van der Waals surface area contributed by atoms with Gasteiger partial charge in [0.25, 0.3) is 0 Å². The number of terminal acetylenes is 2. The lowest BCUT2D eigenvalue weighted by atomic mass is 9.82. The van der Waals surface area contributed by atoms with Gasteiger partial charge in [0.2, 0.25) is 0 Å². The van der Waals surface area contributed by atoms with Crippen molar-refractivity contribution in [3.63, 3.8) is 0 Å². The minimum atomic E-state index is -0.987. The van der Waals surface area contributed by atoms with Gasteiger partial charge in [0.1, 0.15) is 5.41 Å². The lowest BCUT2D eigenvalue weighted by Gasteiger charge is -2.14. The Hall–Kier alpha value is -1.90. The minimum Gasteiger partial charge on any atom is -0.197 e. The Labute approximate surface area is 79.2 Å². The van der Waals surface area contributed by atoms with Crippen LogP contribution in [0.4, 0.5) is 0 Å². The first-order chi connectivity index (χ1) is 6.24. The predicted molar refractivity (Wildman–Crippen MR) is 49.8 cm³/mol. The van der Waals surface area contributed by atoms with E-state index in [1.807, 2.05) is 12.1 Å². The van der Waals surface area contributed by atoms with E-state index in [-0.39, 0.29) is 0 Å². The molecule has 0 rings (SSSR count). The molecule has 0 heterocycles. The molecule has 2 nitrogen and oxygen atoms in total. The maximum atomic E-state index is 8.82. The van der Waals surface area contributed by atoms with E-state index in [1.165, 1.54) is 0 Å². The van der Waals surface area contributed by atoms with Gasteiger partial charge in [-0.15, -0.1) is 24.7 Å². The van der Waals surface area contributed by atoms with Crippen LogP contribution in [0.3, 0.4) is 0 Å². The van der Waals surface area contributed by atoms with Crippen molar-refractivity contribution in [1.82, 2.24) is 0 Å². The normalized spacial score (nSPS) is 8.92. The van der Waals surface area contributed by atoms with E-state index >= 15 is 0 Å². The fourth-order valence-corrected chi connectivity index (χ4v) is 0.945. The zero-order valence-electron chi connectivity index (χ0n) is 7.38. The third kappa shape index (κ3) is 3.33. The summed E-state index contributed by atoms with van der Waals surface area (Å²) in [7, 11) is 0. The van der Waals surface area contributed by atoms with Crippen LogP contribution < -0.4 is 0 Å². The van der Waals surface area contributed by atoms with E-state index in [0.717, 1.165) is 0 Å². The fraction of sp³-hybridized carbons (Fsp3) is 0.455. The van der Waals surface area contributed by atoms with E-state index in [2.05, 4.69) is 11.8 Å². The van der Waals surface area contributed by atoms with Crippen LogP contribution >= 0.6 is 0 Å². The second-order valence-corrected chi connectivity index (χ2v) is 2.71. The average molecular weight is 170 g/mol. The third-order valence-electron chi connectivity index (χ3n) is 1.82. The molecule has 2 heteroatoms. The SMILES string of the molecule is C#CCCC(C#N)(C#N)CCC#C. The van der Waals surface area contributed by atoms with Gasteiger partial charge in [0.15, 0.2) is 0 Å². The summed E-state index contributed by atoms with van der Waals surface area (Å²) < 4.78 is 0. The van der Waals surface area contributed by atoms with Crippen LogP contribution in [-0.4, -0.2) is 0 Å². The van der Waals surface area contributed by atoms with E-state index in [4.69, 9.17) is 23.4 Å². The van der Waals surface area contributed by atoms with Crippen molar-refractivity contribution in [1.29, 1.82) is 10.5 Å². The molecular weight excluding hydrogens is 160 g/mol. The van der Waals surface area contributed by atoms with Crippen molar-refractivity contribution in [2.75, 3.05) is 0 Å². The van der Waals surface area contributed by atoms with Gasteiger partial charge >= 0.3 is 0 Å². The summed E-state index contributed by atoms with van der Waals surface area (Å²) in [5, 5.41) is 17.6. The molecule has 0 N–H and O–H groups in total. The number of hydrogen-bond donors (Lipinski definition) is 0. The molecule has 0 fully saturated rings. The first-order valence-corrected chi connectivity index (χ1v) is 3.94. The number of nitrogens with zero attached hydrogens (tertiary/aromatic N) is 2. The fourth-order valence-electron chi connectivity index (χ4n) is 0.945. The Balaban J connectivity index is 4.40. The molecule has 0 spiro atoms. The Kier molecular flexibility index (Phi) is 4.88. The van der Waals surface area contributed by atoms with Crippen molar-refractivity contribution >= 4 is 0 Å². The number of nitriles is 2. The van der Waals surface area contributed by atoms with Crippen molar-refractivity contribution in [3.8, 4) is 36.8 Å². The highest BCUT2D eigenvalue weighted by atomic mass is 14.4. The molecule has 0 saturated carbocycles. The largest absolute Gasteiger partial charge is 0.197 e.